The van der Waals surface area contributed by atoms with E-state index in [0.29, 0.717) is 5.82 Å². The van der Waals surface area contributed by atoms with Crippen LogP contribution >= 0.6 is 0 Å². The van der Waals surface area contributed by atoms with Crippen LogP contribution in [-0.2, 0) is 0 Å². The van der Waals surface area contributed by atoms with Gasteiger partial charge in [-0.25, -0.2) is 4.98 Å². The largest absolute Gasteiger partial charge is 0.393 e. The van der Waals surface area contributed by atoms with Crippen LogP contribution in [-0.4, -0.2) is 33.3 Å². The molecule has 6 nitrogen and oxygen atoms in total. The molecule has 1 aromatic heterocycles. The van der Waals surface area contributed by atoms with Crippen molar-refractivity contribution >= 4 is 11.5 Å². The Labute approximate surface area is 98.5 Å². The topological polar surface area (TPSA) is 95.2 Å². The number of hydrogen-bond donors (Lipinski definition) is 3. The number of nitrogens with one attached hydrogen (secondary N) is 1. The smallest absolute Gasteiger partial charge is 0.276 e. The van der Waals surface area contributed by atoms with Crippen molar-refractivity contribution in [1.29, 1.82) is 0 Å². The minimum absolute atomic E-state index is 0.181. The number of piperidine rings is 1. The van der Waals surface area contributed by atoms with Gasteiger partial charge in [0, 0.05) is 12.1 Å². The molecule has 2 atom stereocenters. The number of aliphatic hydroxyl groups excluding tert-OH is 1. The minimum Gasteiger partial charge on any atom is -0.393 e. The van der Waals surface area contributed by atoms with E-state index in [1.165, 1.54) is 6.33 Å². The van der Waals surface area contributed by atoms with Gasteiger partial charge in [0.25, 0.3) is 5.56 Å². The number of aromatic nitrogens is 2. The van der Waals surface area contributed by atoms with Crippen molar-refractivity contribution in [3.05, 3.63) is 16.7 Å². The van der Waals surface area contributed by atoms with Crippen LogP contribution < -0.4 is 16.2 Å². The molecule has 4 N–H and O–H groups in total. The number of hydrogen-bond acceptors (Lipinski definition) is 5. The standard InChI is InChI=1S/C11H16N4O2/c12-9-10(13-5-14-11(9)17)15-6-1-2-7(15)4-8(16)3-6/h5-8,16H,1-4,12H2,(H,13,14,17). The van der Waals surface area contributed by atoms with Gasteiger partial charge in [0.1, 0.15) is 5.69 Å². The van der Waals surface area contributed by atoms with Gasteiger partial charge in [-0.3, -0.25) is 4.79 Å². The van der Waals surface area contributed by atoms with Gasteiger partial charge in [0.15, 0.2) is 5.82 Å². The lowest BCUT2D eigenvalue weighted by atomic mass is 10.00. The van der Waals surface area contributed by atoms with Crippen LogP contribution in [0.15, 0.2) is 11.1 Å². The average Bonchev–Trinajstić information content (AvgIpc) is 2.55. The van der Waals surface area contributed by atoms with Crippen molar-refractivity contribution in [3.63, 3.8) is 0 Å². The summed E-state index contributed by atoms with van der Waals surface area (Å²) in [6.45, 7) is 0. The van der Waals surface area contributed by atoms with Crippen LogP contribution in [0.3, 0.4) is 0 Å². The molecule has 2 fully saturated rings. The van der Waals surface area contributed by atoms with Crippen LogP contribution in [0.25, 0.3) is 0 Å². The van der Waals surface area contributed by atoms with E-state index in [1.54, 1.807) is 0 Å². The summed E-state index contributed by atoms with van der Waals surface area (Å²) in [7, 11) is 0. The van der Waals surface area contributed by atoms with Gasteiger partial charge >= 0.3 is 0 Å². The molecule has 1 aromatic rings. The summed E-state index contributed by atoms with van der Waals surface area (Å²) < 4.78 is 0. The highest BCUT2D eigenvalue weighted by Crippen LogP contribution is 2.39. The second kappa shape index (κ2) is 3.73. The van der Waals surface area contributed by atoms with E-state index >= 15 is 0 Å². The summed E-state index contributed by atoms with van der Waals surface area (Å²) in [4.78, 5) is 20.3. The Hall–Kier alpha value is -1.56. The molecule has 3 heterocycles. The fourth-order valence-electron chi connectivity index (χ4n) is 3.10. The molecule has 2 aliphatic heterocycles. The Morgan fingerprint density at radius 3 is 2.71 bits per heavy atom. The van der Waals surface area contributed by atoms with Crippen LogP contribution in [0.2, 0.25) is 0 Å². The quantitative estimate of drug-likeness (QED) is 0.630. The number of nitrogens with two attached hydrogens (primary N) is 1. The summed E-state index contributed by atoms with van der Waals surface area (Å²) in [5.41, 5.74) is 5.68. The molecule has 2 saturated heterocycles. The lowest BCUT2D eigenvalue weighted by Crippen LogP contribution is -2.46. The average molecular weight is 236 g/mol. The maximum atomic E-state index is 11.5. The third-order valence-electron chi connectivity index (χ3n) is 3.82. The molecule has 2 aliphatic rings. The van der Waals surface area contributed by atoms with Crippen molar-refractivity contribution in [3.8, 4) is 0 Å². The van der Waals surface area contributed by atoms with Gasteiger partial charge in [-0.2, -0.15) is 0 Å². The van der Waals surface area contributed by atoms with E-state index in [0.717, 1.165) is 25.7 Å². The molecule has 0 aliphatic carbocycles. The van der Waals surface area contributed by atoms with E-state index in [2.05, 4.69) is 14.9 Å². The molecule has 2 bridgehead atoms. The lowest BCUT2D eigenvalue weighted by molar-refractivity contribution is 0.126. The highest BCUT2D eigenvalue weighted by Gasteiger charge is 2.41. The predicted octanol–water partition coefficient (Wildman–Crippen LogP) is -0.156. The Morgan fingerprint density at radius 1 is 1.41 bits per heavy atom. The van der Waals surface area contributed by atoms with E-state index in [-0.39, 0.29) is 29.4 Å². The van der Waals surface area contributed by atoms with Gasteiger partial charge in [-0.1, -0.05) is 0 Å². The lowest BCUT2D eigenvalue weighted by Gasteiger charge is -2.38. The summed E-state index contributed by atoms with van der Waals surface area (Å²) in [6.07, 6.45) is 4.71. The van der Waals surface area contributed by atoms with Gasteiger partial charge < -0.3 is 20.7 Å². The first-order valence-corrected chi connectivity index (χ1v) is 5.96. The molecule has 3 rings (SSSR count). The number of anilines is 2. The predicted molar refractivity (Wildman–Crippen MR) is 63.8 cm³/mol. The number of rotatable bonds is 1. The molecule has 17 heavy (non-hydrogen) atoms. The third-order valence-corrected chi connectivity index (χ3v) is 3.82. The van der Waals surface area contributed by atoms with E-state index in [9.17, 15) is 9.90 Å². The van der Waals surface area contributed by atoms with Crippen molar-refractivity contribution in [2.45, 2.75) is 43.9 Å². The highest BCUT2D eigenvalue weighted by atomic mass is 16.3. The highest BCUT2D eigenvalue weighted by molar-refractivity contribution is 5.62. The van der Waals surface area contributed by atoms with Gasteiger partial charge in [0.05, 0.1) is 12.4 Å². The molecule has 6 heteroatoms. The van der Waals surface area contributed by atoms with E-state index in [1.807, 2.05) is 0 Å². The Bertz CT molecular complexity index is 473. The zero-order chi connectivity index (χ0) is 12.0. The molecular formula is C11H16N4O2. The number of nitrogen functional groups attached to an aromatic ring is 1. The normalized spacial score (nSPS) is 31.8. The zero-order valence-corrected chi connectivity index (χ0v) is 9.47. The van der Waals surface area contributed by atoms with Crippen molar-refractivity contribution in [1.82, 2.24) is 9.97 Å². The summed E-state index contributed by atoms with van der Waals surface area (Å²) in [5.74, 6) is 0.577. The molecule has 0 spiro atoms. The van der Waals surface area contributed by atoms with Crippen molar-refractivity contribution in [2.75, 3.05) is 10.6 Å². The molecule has 0 saturated carbocycles. The Morgan fingerprint density at radius 2 is 2.06 bits per heavy atom. The monoisotopic (exact) mass is 236 g/mol. The van der Waals surface area contributed by atoms with Crippen LogP contribution in [0.5, 0.6) is 0 Å². The second-order valence-corrected chi connectivity index (χ2v) is 4.89. The first kappa shape index (κ1) is 10.6. The van der Waals surface area contributed by atoms with Crippen molar-refractivity contribution in [2.24, 2.45) is 0 Å². The number of fused-ring (bicyclic) bond motifs is 2. The number of H-pyrrole nitrogens is 1. The molecule has 0 aromatic carbocycles. The molecule has 0 radical (unpaired) electrons. The first-order valence-electron chi connectivity index (χ1n) is 5.96. The fraction of sp³-hybridized carbons (Fsp3) is 0.636. The summed E-state index contributed by atoms with van der Waals surface area (Å²) in [5, 5.41) is 9.73. The van der Waals surface area contributed by atoms with Crippen LogP contribution in [0, 0.1) is 0 Å². The van der Waals surface area contributed by atoms with E-state index < -0.39 is 0 Å². The first-order chi connectivity index (χ1) is 8.16. The van der Waals surface area contributed by atoms with Crippen LogP contribution in [0.4, 0.5) is 11.5 Å². The van der Waals surface area contributed by atoms with E-state index in [4.69, 9.17) is 5.73 Å². The molecule has 0 amide bonds. The third kappa shape index (κ3) is 1.59. The molecule has 92 valence electrons. The van der Waals surface area contributed by atoms with Gasteiger partial charge in [-0.05, 0) is 25.7 Å². The molecular weight excluding hydrogens is 220 g/mol. The summed E-state index contributed by atoms with van der Waals surface area (Å²) in [6, 6.07) is 0.528. The van der Waals surface area contributed by atoms with Crippen molar-refractivity contribution < 1.29 is 5.11 Å². The van der Waals surface area contributed by atoms with Crippen LogP contribution in [0.1, 0.15) is 25.7 Å². The molecule has 2 unspecified atom stereocenters. The van der Waals surface area contributed by atoms with Gasteiger partial charge in [-0.15, -0.1) is 0 Å². The minimum atomic E-state index is -0.291. The number of nitrogens with zero attached hydrogens (tertiary/aromatic N) is 2. The zero-order valence-electron chi connectivity index (χ0n) is 9.47. The maximum absolute atomic E-state index is 11.5. The Balaban J connectivity index is 2.00. The summed E-state index contributed by atoms with van der Waals surface area (Å²) >= 11 is 0. The SMILES string of the molecule is Nc1c(N2C3CCC2CC(O)C3)nc[nH]c1=O. The number of aromatic amines is 1. The Kier molecular flexibility index (Phi) is 2.32. The maximum Gasteiger partial charge on any atom is 0.276 e. The number of aliphatic hydroxyl groups is 1. The second-order valence-electron chi connectivity index (χ2n) is 4.89. The fourth-order valence-corrected chi connectivity index (χ4v) is 3.10. The van der Waals surface area contributed by atoms with Gasteiger partial charge in [0.2, 0.25) is 0 Å².